The number of nitrogens with one attached hydrogen (secondary N) is 1. The van der Waals surface area contributed by atoms with Gasteiger partial charge in [-0.1, -0.05) is 66.2 Å². The Morgan fingerprint density at radius 1 is 0.816 bits per heavy atom. The number of benzene rings is 4. The van der Waals surface area contributed by atoms with Crippen molar-refractivity contribution < 1.29 is 18.6 Å². The van der Waals surface area contributed by atoms with E-state index in [1.165, 1.54) is 12.1 Å². The van der Waals surface area contributed by atoms with Gasteiger partial charge in [0.1, 0.15) is 29.4 Å². The Morgan fingerprint density at radius 3 is 2.34 bits per heavy atom. The van der Waals surface area contributed by atoms with Crippen molar-refractivity contribution in [1.29, 1.82) is 0 Å². The van der Waals surface area contributed by atoms with Crippen LogP contribution in [0.3, 0.4) is 0 Å². The third-order valence-electron chi connectivity index (χ3n) is 6.63. The predicted octanol–water partition coefficient (Wildman–Crippen LogP) is 8.11. The van der Waals surface area contributed by atoms with E-state index in [1.54, 1.807) is 6.07 Å². The summed E-state index contributed by atoms with van der Waals surface area (Å²) in [6.07, 6.45) is -0.847. The smallest absolute Gasteiger partial charge is 0.132 e. The zero-order chi connectivity index (χ0) is 26.5. The molecule has 4 aromatic rings. The first-order valence-corrected chi connectivity index (χ1v) is 13.1. The number of fused-ring (bicyclic) bond motifs is 1. The zero-order valence-corrected chi connectivity index (χ0v) is 22.3. The highest BCUT2D eigenvalue weighted by Gasteiger charge is 2.45. The number of hydrogen-bond acceptors (Lipinski definition) is 4. The van der Waals surface area contributed by atoms with Crippen molar-refractivity contribution in [3.8, 4) is 5.75 Å². The molecule has 4 nitrogen and oxygen atoms in total. The Kier molecular flexibility index (Phi) is 7.98. The lowest BCUT2D eigenvalue weighted by Gasteiger charge is -2.44. The van der Waals surface area contributed by atoms with E-state index in [1.807, 2.05) is 86.6 Å². The van der Waals surface area contributed by atoms with E-state index in [2.05, 4.69) is 11.4 Å². The number of anilines is 1. The molecule has 1 heterocycles. The fourth-order valence-electron chi connectivity index (χ4n) is 4.73. The highest BCUT2D eigenvalue weighted by molar-refractivity contribution is 6.30. The van der Waals surface area contributed by atoms with E-state index < -0.39 is 17.8 Å². The van der Waals surface area contributed by atoms with E-state index in [9.17, 15) is 4.39 Å². The van der Waals surface area contributed by atoms with Gasteiger partial charge in [0, 0.05) is 22.8 Å². The first-order valence-electron chi connectivity index (χ1n) is 12.7. The summed E-state index contributed by atoms with van der Waals surface area (Å²) in [5.74, 6) is 0.467. The molecule has 0 bridgehead atoms. The molecule has 0 aromatic heterocycles. The lowest BCUT2D eigenvalue weighted by molar-refractivity contribution is -0.170. The van der Waals surface area contributed by atoms with E-state index in [-0.39, 0.29) is 12.4 Å². The summed E-state index contributed by atoms with van der Waals surface area (Å²) in [7, 11) is 0. The number of rotatable bonds is 9. The first-order chi connectivity index (χ1) is 18.4. The second kappa shape index (κ2) is 11.6. The Hall–Kier alpha value is -3.38. The molecule has 6 heteroatoms. The highest BCUT2D eigenvalue weighted by atomic mass is 35.5. The molecule has 0 radical (unpaired) electrons. The van der Waals surface area contributed by atoms with E-state index >= 15 is 0 Å². The fourth-order valence-corrected chi connectivity index (χ4v) is 4.95. The molecule has 0 saturated carbocycles. The minimum Gasteiger partial charge on any atom is -0.485 e. The van der Waals surface area contributed by atoms with Crippen LogP contribution in [-0.4, -0.2) is 11.7 Å². The van der Waals surface area contributed by atoms with Gasteiger partial charge in [-0.05, 0) is 73.0 Å². The summed E-state index contributed by atoms with van der Waals surface area (Å²) in [6.45, 7) is 5.27. The van der Waals surface area contributed by atoms with Crippen molar-refractivity contribution in [3.63, 3.8) is 0 Å². The monoisotopic (exact) mass is 531 g/mol. The molecule has 5 rings (SSSR count). The Labute approximate surface area is 228 Å². The molecule has 0 aliphatic carbocycles. The molecule has 1 aliphatic heterocycles. The molecule has 38 heavy (non-hydrogen) atoms. The Bertz CT molecular complexity index is 1380. The highest BCUT2D eigenvalue weighted by Crippen LogP contribution is 2.45. The molecule has 1 N–H and O–H groups in total. The molecule has 4 aromatic carbocycles. The van der Waals surface area contributed by atoms with Crippen LogP contribution >= 0.6 is 11.6 Å². The first kappa shape index (κ1) is 26.2. The zero-order valence-electron chi connectivity index (χ0n) is 21.5. The number of hydrogen-bond donors (Lipinski definition) is 1. The van der Waals surface area contributed by atoms with Crippen molar-refractivity contribution in [1.82, 2.24) is 0 Å². The van der Waals surface area contributed by atoms with Crippen LogP contribution in [0.2, 0.25) is 5.02 Å². The second-order valence-corrected chi connectivity index (χ2v) is 10.5. The minimum absolute atomic E-state index is 0.239. The molecule has 0 amide bonds. The van der Waals surface area contributed by atoms with Gasteiger partial charge in [0.05, 0.1) is 13.2 Å². The SMILES string of the molecule is CC1(C)Oc2ccc(NCc3cccc(Cl)c3)cc2C(OCc2ccccc2)C1OCc1cccc(F)c1. The third-order valence-corrected chi connectivity index (χ3v) is 6.86. The lowest BCUT2D eigenvalue weighted by Crippen LogP contribution is -2.50. The van der Waals surface area contributed by atoms with Crippen molar-refractivity contribution in [2.24, 2.45) is 0 Å². The van der Waals surface area contributed by atoms with Gasteiger partial charge in [-0.3, -0.25) is 0 Å². The van der Waals surface area contributed by atoms with Crippen molar-refractivity contribution in [2.45, 2.75) is 51.4 Å². The third kappa shape index (κ3) is 6.36. The van der Waals surface area contributed by atoms with E-state index in [4.69, 9.17) is 25.8 Å². The van der Waals surface area contributed by atoms with Crippen molar-refractivity contribution >= 4 is 17.3 Å². The molecule has 0 spiro atoms. The van der Waals surface area contributed by atoms with Crippen LogP contribution in [0.5, 0.6) is 5.75 Å². The standard InChI is InChI=1S/C32H31ClFNO3/c1-32(2)31(37-21-24-11-7-13-26(34)17-24)30(36-20-22-8-4-3-5-9-22)28-18-27(14-15-29(28)38-32)35-19-23-10-6-12-25(33)16-23/h3-18,30-31,35H,19-21H2,1-2H3. The topological polar surface area (TPSA) is 39.7 Å². The maximum Gasteiger partial charge on any atom is 0.132 e. The van der Waals surface area contributed by atoms with Gasteiger partial charge >= 0.3 is 0 Å². The van der Waals surface area contributed by atoms with Crippen LogP contribution in [0.15, 0.2) is 97.1 Å². The lowest BCUT2D eigenvalue weighted by atomic mass is 9.87. The summed E-state index contributed by atoms with van der Waals surface area (Å²) < 4.78 is 33.2. The maximum absolute atomic E-state index is 13.8. The van der Waals surface area contributed by atoms with Crippen LogP contribution < -0.4 is 10.1 Å². The van der Waals surface area contributed by atoms with Crippen molar-refractivity contribution in [2.75, 3.05) is 5.32 Å². The predicted molar refractivity (Wildman–Crippen MR) is 149 cm³/mol. The van der Waals surface area contributed by atoms with Gasteiger partial charge in [0.15, 0.2) is 0 Å². The van der Waals surface area contributed by atoms with Crippen LogP contribution in [0.1, 0.15) is 42.2 Å². The molecule has 0 fully saturated rings. The molecule has 1 aliphatic rings. The van der Waals surface area contributed by atoms with Gasteiger partial charge in [-0.25, -0.2) is 4.39 Å². The summed E-state index contributed by atoms with van der Waals surface area (Å²) in [5, 5.41) is 4.19. The van der Waals surface area contributed by atoms with Gasteiger partial charge in [-0.2, -0.15) is 0 Å². The summed E-state index contributed by atoms with van der Waals surface area (Å²) in [4.78, 5) is 0. The summed E-state index contributed by atoms with van der Waals surface area (Å²) in [5.41, 5.74) is 4.06. The van der Waals surface area contributed by atoms with E-state index in [0.717, 1.165) is 33.7 Å². The largest absolute Gasteiger partial charge is 0.485 e. The molecule has 2 unspecified atom stereocenters. The quantitative estimate of drug-likeness (QED) is 0.237. The Morgan fingerprint density at radius 2 is 1.55 bits per heavy atom. The molecule has 0 saturated heterocycles. The van der Waals surface area contributed by atoms with Gasteiger partial charge in [-0.15, -0.1) is 0 Å². The summed E-state index contributed by atoms with van der Waals surface area (Å²) in [6, 6.07) is 30.3. The molecular formula is C32H31ClFNO3. The molecule has 196 valence electrons. The van der Waals surface area contributed by atoms with Crippen LogP contribution in [0.4, 0.5) is 10.1 Å². The normalized spacial score (nSPS) is 17.9. The van der Waals surface area contributed by atoms with Crippen LogP contribution in [0, 0.1) is 5.82 Å². The molecule has 2 atom stereocenters. The fraction of sp³-hybridized carbons (Fsp3) is 0.250. The van der Waals surface area contributed by atoms with E-state index in [0.29, 0.717) is 18.2 Å². The number of ether oxygens (including phenoxy) is 3. The van der Waals surface area contributed by atoms with Crippen LogP contribution in [-0.2, 0) is 29.2 Å². The maximum atomic E-state index is 13.8. The van der Waals surface area contributed by atoms with Gasteiger partial charge < -0.3 is 19.5 Å². The minimum atomic E-state index is -0.683. The average Bonchev–Trinajstić information content (AvgIpc) is 2.90. The van der Waals surface area contributed by atoms with Gasteiger partial charge in [0.2, 0.25) is 0 Å². The summed E-state index contributed by atoms with van der Waals surface area (Å²) >= 11 is 6.16. The van der Waals surface area contributed by atoms with Gasteiger partial charge in [0.25, 0.3) is 0 Å². The van der Waals surface area contributed by atoms with Crippen LogP contribution in [0.25, 0.3) is 0 Å². The Balaban J connectivity index is 1.42. The average molecular weight is 532 g/mol. The second-order valence-electron chi connectivity index (χ2n) is 10.0. The number of halogens is 2. The van der Waals surface area contributed by atoms with Crippen molar-refractivity contribution in [3.05, 3.63) is 130 Å². The molecular weight excluding hydrogens is 501 g/mol.